The number of alkyl halides is 3. The summed E-state index contributed by atoms with van der Waals surface area (Å²) in [5.41, 5.74) is 1.29. The van der Waals surface area contributed by atoms with Gasteiger partial charge in [0, 0.05) is 0 Å². The summed E-state index contributed by atoms with van der Waals surface area (Å²) in [7, 11) is 0. The van der Waals surface area contributed by atoms with Gasteiger partial charge in [0.25, 0.3) is 0 Å². The molecule has 1 aliphatic carbocycles. The number of aliphatic carboxylic acids is 1. The molecule has 1 fully saturated rings. The molecule has 1 aromatic rings. The van der Waals surface area contributed by atoms with E-state index in [9.17, 15) is 18.0 Å². The van der Waals surface area contributed by atoms with Crippen LogP contribution in [0.3, 0.4) is 0 Å². The monoisotopic (exact) mass is 272 g/mol. The molecular formula is C14H15F3O2. The molecule has 2 atom stereocenters. The summed E-state index contributed by atoms with van der Waals surface area (Å²) in [6.07, 6.45) is -2.32. The Morgan fingerprint density at radius 3 is 2.16 bits per heavy atom. The molecule has 1 N–H and O–H groups in total. The molecule has 0 heterocycles. The second kappa shape index (κ2) is 4.87. The predicted molar refractivity (Wildman–Crippen MR) is 64.0 cm³/mol. The molecule has 0 radical (unpaired) electrons. The van der Waals surface area contributed by atoms with Crippen molar-refractivity contribution in [1.29, 1.82) is 0 Å². The van der Waals surface area contributed by atoms with Crippen LogP contribution in [0, 0.1) is 5.92 Å². The van der Waals surface area contributed by atoms with Crippen LogP contribution in [0.2, 0.25) is 0 Å². The topological polar surface area (TPSA) is 37.3 Å². The van der Waals surface area contributed by atoms with Crippen molar-refractivity contribution in [2.24, 2.45) is 5.92 Å². The van der Waals surface area contributed by atoms with Crippen LogP contribution in [0.4, 0.5) is 13.2 Å². The molecule has 1 aliphatic rings. The smallest absolute Gasteiger partial charge is 0.392 e. The maximum Gasteiger partial charge on any atom is 0.392 e. The third-order valence-electron chi connectivity index (χ3n) is 3.63. The Labute approximate surface area is 109 Å². The van der Waals surface area contributed by atoms with Crippen LogP contribution in [0.1, 0.15) is 42.7 Å². The third-order valence-corrected chi connectivity index (χ3v) is 3.63. The minimum atomic E-state index is -4.52. The van der Waals surface area contributed by atoms with Crippen molar-refractivity contribution in [1.82, 2.24) is 0 Å². The molecular weight excluding hydrogens is 257 g/mol. The molecule has 2 rings (SSSR count). The van der Waals surface area contributed by atoms with Crippen LogP contribution in [0.25, 0.3) is 0 Å². The van der Waals surface area contributed by atoms with Gasteiger partial charge in [-0.1, -0.05) is 31.2 Å². The lowest BCUT2D eigenvalue weighted by molar-refractivity contribution is -0.183. The molecule has 0 bridgehead atoms. The lowest BCUT2D eigenvalue weighted by Gasteiger charge is -2.23. The van der Waals surface area contributed by atoms with E-state index in [4.69, 9.17) is 5.11 Å². The van der Waals surface area contributed by atoms with Crippen molar-refractivity contribution >= 4 is 5.97 Å². The first-order valence-corrected chi connectivity index (χ1v) is 6.20. The van der Waals surface area contributed by atoms with Gasteiger partial charge in [-0.3, -0.25) is 4.79 Å². The maximum atomic E-state index is 12.7. The second-order valence-corrected chi connectivity index (χ2v) is 5.09. The standard InChI is InChI=1S/C14H15F3O2/c1-8(14(15,16)17)12(13(18)19)11-6-4-10(5-7-11)9-2-3-9/h4-9,12H,2-3H2,1H3,(H,18,19)/t8-,12+/m1/s1. The Morgan fingerprint density at radius 2 is 1.79 bits per heavy atom. The zero-order chi connectivity index (χ0) is 14.2. The summed E-state index contributed by atoms with van der Waals surface area (Å²) in [5.74, 6) is -4.40. The molecule has 1 aromatic carbocycles. The van der Waals surface area contributed by atoms with Crippen molar-refractivity contribution in [3.05, 3.63) is 35.4 Å². The number of rotatable bonds is 4. The number of benzene rings is 1. The predicted octanol–water partition coefficient (Wildman–Crippen LogP) is 3.93. The van der Waals surface area contributed by atoms with Gasteiger partial charge < -0.3 is 5.11 Å². The summed E-state index contributed by atoms with van der Waals surface area (Å²) in [4.78, 5) is 11.1. The van der Waals surface area contributed by atoms with E-state index in [1.54, 1.807) is 12.1 Å². The van der Waals surface area contributed by atoms with Crippen molar-refractivity contribution in [3.63, 3.8) is 0 Å². The van der Waals surface area contributed by atoms with Gasteiger partial charge in [-0.25, -0.2) is 0 Å². The molecule has 19 heavy (non-hydrogen) atoms. The van der Waals surface area contributed by atoms with Crippen LogP contribution in [-0.4, -0.2) is 17.3 Å². The molecule has 1 saturated carbocycles. The summed E-state index contributed by atoms with van der Waals surface area (Å²) in [6.45, 7) is 0.910. The van der Waals surface area contributed by atoms with Gasteiger partial charge in [0.2, 0.25) is 0 Å². The lowest BCUT2D eigenvalue weighted by Crippen LogP contribution is -2.31. The van der Waals surface area contributed by atoms with E-state index in [1.165, 1.54) is 12.1 Å². The minimum Gasteiger partial charge on any atom is -0.481 e. The molecule has 104 valence electrons. The summed E-state index contributed by atoms with van der Waals surface area (Å²) in [5, 5.41) is 9.05. The third kappa shape index (κ3) is 3.08. The first kappa shape index (κ1) is 13.9. The molecule has 5 heteroatoms. The van der Waals surface area contributed by atoms with Gasteiger partial charge in [-0.05, 0) is 29.9 Å². The number of hydrogen-bond acceptors (Lipinski definition) is 1. The van der Waals surface area contributed by atoms with Crippen molar-refractivity contribution < 1.29 is 23.1 Å². The normalized spacial score (nSPS) is 18.9. The number of carbonyl (C=O) groups is 1. The molecule has 0 saturated heterocycles. The first-order chi connectivity index (χ1) is 8.80. The van der Waals surface area contributed by atoms with Crippen molar-refractivity contribution in [3.8, 4) is 0 Å². The molecule has 0 unspecified atom stereocenters. The van der Waals surface area contributed by atoms with E-state index in [2.05, 4.69) is 0 Å². The van der Waals surface area contributed by atoms with Gasteiger partial charge >= 0.3 is 12.1 Å². The second-order valence-electron chi connectivity index (χ2n) is 5.09. The number of carboxylic acid groups (broad SMARTS) is 1. The van der Waals surface area contributed by atoms with Gasteiger partial charge in [-0.15, -0.1) is 0 Å². The van der Waals surface area contributed by atoms with E-state index in [-0.39, 0.29) is 5.56 Å². The van der Waals surface area contributed by atoms with Gasteiger partial charge in [0.1, 0.15) is 0 Å². The number of carboxylic acids is 1. The number of hydrogen-bond donors (Lipinski definition) is 1. The van der Waals surface area contributed by atoms with Crippen LogP contribution in [-0.2, 0) is 4.79 Å². The fourth-order valence-corrected chi connectivity index (χ4v) is 2.23. The Kier molecular flexibility index (Phi) is 3.56. The van der Waals surface area contributed by atoms with Crippen molar-refractivity contribution in [2.45, 2.75) is 37.8 Å². The van der Waals surface area contributed by atoms with Crippen LogP contribution < -0.4 is 0 Å². The van der Waals surface area contributed by atoms with Gasteiger partial charge in [0.15, 0.2) is 0 Å². The highest BCUT2D eigenvalue weighted by Gasteiger charge is 2.45. The van der Waals surface area contributed by atoms with E-state index in [0.717, 1.165) is 25.3 Å². The molecule has 0 amide bonds. The van der Waals surface area contributed by atoms with Crippen LogP contribution in [0.15, 0.2) is 24.3 Å². The van der Waals surface area contributed by atoms with E-state index < -0.39 is 24.0 Å². The highest BCUT2D eigenvalue weighted by molar-refractivity contribution is 5.76. The molecule has 0 aliphatic heterocycles. The Morgan fingerprint density at radius 1 is 1.26 bits per heavy atom. The lowest BCUT2D eigenvalue weighted by atomic mass is 9.86. The number of halogens is 3. The summed E-state index contributed by atoms with van der Waals surface area (Å²) >= 11 is 0. The first-order valence-electron chi connectivity index (χ1n) is 6.20. The van der Waals surface area contributed by atoms with Gasteiger partial charge in [-0.2, -0.15) is 13.2 Å². The summed E-state index contributed by atoms with van der Waals surface area (Å²) < 4.78 is 38.1. The Balaban J connectivity index is 2.25. The quantitative estimate of drug-likeness (QED) is 0.901. The highest BCUT2D eigenvalue weighted by Crippen LogP contribution is 2.41. The van der Waals surface area contributed by atoms with Crippen LogP contribution in [0.5, 0.6) is 0 Å². The fourth-order valence-electron chi connectivity index (χ4n) is 2.23. The van der Waals surface area contributed by atoms with E-state index in [0.29, 0.717) is 5.92 Å². The molecule has 2 nitrogen and oxygen atoms in total. The average Bonchev–Trinajstić information content (AvgIpc) is 3.12. The Bertz CT molecular complexity index is 461. The highest BCUT2D eigenvalue weighted by atomic mass is 19.4. The summed E-state index contributed by atoms with van der Waals surface area (Å²) in [6, 6.07) is 6.50. The van der Waals surface area contributed by atoms with Crippen molar-refractivity contribution in [2.75, 3.05) is 0 Å². The van der Waals surface area contributed by atoms with E-state index >= 15 is 0 Å². The molecule has 0 spiro atoms. The zero-order valence-electron chi connectivity index (χ0n) is 10.4. The Hall–Kier alpha value is -1.52. The van der Waals surface area contributed by atoms with Gasteiger partial charge in [0.05, 0.1) is 11.8 Å². The average molecular weight is 272 g/mol. The largest absolute Gasteiger partial charge is 0.481 e. The fraction of sp³-hybridized carbons (Fsp3) is 0.500. The minimum absolute atomic E-state index is 0.210. The zero-order valence-corrected chi connectivity index (χ0v) is 10.4. The SMILES string of the molecule is C[C@H]([C@H](C(=O)O)c1ccc(C2CC2)cc1)C(F)(F)F. The molecule has 0 aromatic heterocycles. The van der Waals surface area contributed by atoms with Crippen LogP contribution >= 0.6 is 0 Å². The maximum absolute atomic E-state index is 12.7. The van der Waals surface area contributed by atoms with E-state index in [1.807, 2.05) is 0 Å².